The van der Waals surface area contributed by atoms with E-state index in [1.165, 1.54) is 0 Å². The third-order valence-electron chi connectivity index (χ3n) is 2.72. The molecular weight excluding hydrogens is 232 g/mol. The highest BCUT2D eigenvalue weighted by molar-refractivity contribution is 5.87. The second kappa shape index (κ2) is 6.16. The topological polar surface area (TPSA) is 83.6 Å². The number of carboxylic acids is 1. The summed E-state index contributed by atoms with van der Waals surface area (Å²) in [7, 11) is 1.89. The first kappa shape index (κ1) is 14.2. The largest absolute Gasteiger partial charge is 0.478 e. The molecule has 0 aliphatic rings. The Hall–Kier alpha value is -1.88. The zero-order valence-electron chi connectivity index (χ0n) is 10.6. The Kier molecular flexibility index (Phi) is 4.85. The number of carbonyl (C=O) groups is 2. The van der Waals surface area contributed by atoms with Gasteiger partial charge in [-0.25, -0.2) is 4.79 Å². The fourth-order valence-corrected chi connectivity index (χ4v) is 1.69. The van der Waals surface area contributed by atoms with Gasteiger partial charge in [0.2, 0.25) is 5.91 Å². The van der Waals surface area contributed by atoms with Crippen molar-refractivity contribution in [2.24, 2.45) is 11.7 Å². The molecule has 1 amide bonds. The summed E-state index contributed by atoms with van der Waals surface area (Å²) < 4.78 is 0. The number of aromatic carboxylic acids is 1. The summed E-state index contributed by atoms with van der Waals surface area (Å²) >= 11 is 0. The molecule has 0 bridgehead atoms. The number of rotatable bonds is 6. The van der Waals surface area contributed by atoms with E-state index < -0.39 is 5.97 Å². The van der Waals surface area contributed by atoms with Gasteiger partial charge in [0.25, 0.3) is 0 Å². The number of hydrogen-bond donors (Lipinski definition) is 2. The Labute approximate surface area is 106 Å². The summed E-state index contributed by atoms with van der Waals surface area (Å²) in [5.74, 6) is -1.45. The van der Waals surface area contributed by atoms with Crippen LogP contribution in [0.2, 0.25) is 0 Å². The molecule has 1 aromatic carbocycles. The molecule has 0 radical (unpaired) electrons. The highest BCUT2D eigenvalue weighted by atomic mass is 16.4. The van der Waals surface area contributed by atoms with Crippen molar-refractivity contribution in [3.05, 3.63) is 35.4 Å². The van der Waals surface area contributed by atoms with Crippen LogP contribution in [0.3, 0.4) is 0 Å². The van der Waals surface area contributed by atoms with Crippen LogP contribution in [0.25, 0.3) is 0 Å². The Balaban J connectivity index is 2.56. The molecule has 0 heterocycles. The predicted octanol–water partition coefficient (Wildman–Crippen LogP) is 0.938. The van der Waals surface area contributed by atoms with Crippen molar-refractivity contribution in [3.63, 3.8) is 0 Å². The van der Waals surface area contributed by atoms with Crippen molar-refractivity contribution in [2.45, 2.75) is 13.5 Å². The average molecular weight is 250 g/mol. The molecule has 18 heavy (non-hydrogen) atoms. The first-order valence-electron chi connectivity index (χ1n) is 5.70. The van der Waals surface area contributed by atoms with Crippen LogP contribution in [0.15, 0.2) is 24.3 Å². The third kappa shape index (κ3) is 4.18. The van der Waals surface area contributed by atoms with Gasteiger partial charge in [-0.2, -0.15) is 0 Å². The van der Waals surface area contributed by atoms with Crippen LogP contribution < -0.4 is 5.73 Å². The normalized spacial score (nSPS) is 12.4. The number of primary amides is 1. The van der Waals surface area contributed by atoms with Gasteiger partial charge in [0.1, 0.15) is 0 Å². The van der Waals surface area contributed by atoms with E-state index in [2.05, 4.69) is 0 Å². The van der Waals surface area contributed by atoms with Crippen molar-refractivity contribution >= 4 is 11.9 Å². The van der Waals surface area contributed by atoms with Crippen LogP contribution in [-0.2, 0) is 11.3 Å². The fourth-order valence-electron chi connectivity index (χ4n) is 1.69. The zero-order chi connectivity index (χ0) is 13.7. The quantitative estimate of drug-likeness (QED) is 0.787. The Morgan fingerprint density at radius 3 is 2.33 bits per heavy atom. The highest BCUT2D eigenvalue weighted by Crippen LogP contribution is 2.08. The monoisotopic (exact) mass is 250 g/mol. The van der Waals surface area contributed by atoms with Gasteiger partial charge in [-0.3, -0.25) is 4.79 Å². The van der Waals surface area contributed by atoms with Crippen LogP contribution in [-0.4, -0.2) is 35.5 Å². The van der Waals surface area contributed by atoms with E-state index in [1.54, 1.807) is 31.2 Å². The number of nitrogens with zero attached hydrogens (tertiary/aromatic N) is 1. The van der Waals surface area contributed by atoms with Gasteiger partial charge in [-0.05, 0) is 24.7 Å². The molecule has 0 spiro atoms. The van der Waals surface area contributed by atoms with E-state index in [9.17, 15) is 9.59 Å². The molecule has 1 rings (SSSR count). The summed E-state index contributed by atoms with van der Waals surface area (Å²) in [4.78, 5) is 23.6. The van der Waals surface area contributed by atoms with Gasteiger partial charge >= 0.3 is 5.97 Å². The van der Waals surface area contributed by atoms with Crippen LogP contribution in [0.1, 0.15) is 22.8 Å². The molecule has 0 saturated heterocycles. The van der Waals surface area contributed by atoms with Crippen LogP contribution in [0, 0.1) is 5.92 Å². The second-order valence-corrected chi connectivity index (χ2v) is 4.50. The maximum atomic E-state index is 10.9. The number of benzene rings is 1. The summed E-state index contributed by atoms with van der Waals surface area (Å²) in [6, 6.07) is 6.69. The van der Waals surface area contributed by atoms with Crippen molar-refractivity contribution in [1.29, 1.82) is 0 Å². The highest BCUT2D eigenvalue weighted by Gasteiger charge is 2.12. The minimum absolute atomic E-state index is 0.201. The summed E-state index contributed by atoms with van der Waals surface area (Å²) in [6.45, 7) is 3.01. The standard InChI is InChI=1S/C13H18N2O3/c1-9(12(14)16)7-15(2)8-10-3-5-11(6-4-10)13(17)18/h3-6,9H,7-8H2,1-2H3,(H2,14,16)(H,17,18). The van der Waals surface area contributed by atoms with Gasteiger partial charge in [-0.1, -0.05) is 19.1 Å². The van der Waals surface area contributed by atoms with Gasteiger partial charge in [0.15, 0.2) is 0 Å². The van der Waals surface area contributed by atoms with Crippen LogP contribution in [0.4, 0.5) is 0 Å². The van der Waals surface area contributed by atoms with Crippen molar-refractivity contribution < 1.29 is 14.7 Å². The van der Waals surface area contributed by atoms with E-state index in [4.69, 9.17) is 10.8 Å². The van der Waals surface area contributed by atoms with Gasteiger partial charge in [0.05, 0.1) is 5.56 Å². The molecule has 5 heteroatoms. The third-order valence-corrected chi connectivity index (χ3v) is 2.72. The number of nitrogens with two attached hydrogens (primary N) is 1. The molecule has 0 aliphatic carbocycles. The first-order valence-corrected chi connectivity index (χ1v) is 5.70. The lowest BCUT2D eigenvalue weighted by Gasteiger charge is -2.19. The molecule has 1 aromatic rings. The predicted molar refractivity (Wildman–Crippen MR) is 68.1 cm³/mol. The number of amides is 1. The van der Waals surface area contributed by atoms with Gasteiger partial charge in [0, 0.05) is 19.0 Å². The Morgan fingerprint density at radius 1 is 1.33 bits per heavy atom. The summed E-state index contributed by atoms with van der Waals surface area (Å²) in [5.41, 5.74) is 6.47. The van der Waals surface area contributed by atoms with Crippen molar-refractivity contribution in [3.8, 4) is 0 Å². The molecule has 1 unspecified atom stereocenters. The maximum absolute atomic E-state index is 10.9. The lowest BCUT2D eigenvalue weighted by molar-refractivity contribution is -0.121. The molecule has 0 aliphatic heterocycles. The number of carboxylic acid groups (broad SMARTS) is 1. The average Bonchev–Trinajstić information content (AvgIpc) is 2.29. The molecule has 0 fully saturated rings. The Bertz CT molecular complexity index is 428. The molecule has 0 saturated carbocycles. The van der Waals surface area contributed by atoms with E-state index >= 15 is 0 Å². The first-order chi connectivity index (χ1) is 8.40. The lowest BCUT2D eigenvalue weighted by atomic mass is 10.1. The number of hydrogen-bond acceptors (Lipinski definition) is 3. The SMILES string of the molecule is CC(CN(C)Cc1ccc(C(=O)O)cc1)C(N)=O. The van der Waals surface area contributed by atoms with Gasteiger partial charge < -0.3 is 15.7 Å². The van der Waals surface area contributed by atoms with E-state index in [0.717, 1.165) is 5.56 Å². The van der Waals surface area contributed by atoms with Crippen LogP contribution >= 0.6 is 0 Å². The van der Waals surface area contributed by atoms with E-state index in [1.807, 2.05) is 11.9 Å². The summed E-state index contributed by atoms with van der Waals surface area (Å²) in [6.07, 6.45) is 0. The molecule has 3 N–H and O–H groups in total. The molecule has 1 atom stereocenters. The fraction of sp³-hybridized carbons (Fsp3) is 0.385. The van der Waals surface area contributed by atoms with Crippen molar-refractivity contribution in [2.75, 3.05) is 13.6 Å². The second-order valence-electron chi connectivity index (χ2n) is 4.50. The van der Waals surface area contributed by atoms with Crippen LogP contribution in [0.5, 0.6) is 0 Å². The van der Waals surface area contributed by atoms with Gasteiger partial charge in [-0.15, -0.1) is 0 Å². The minimum atomic E-state index is -0.933. The molecular formula is C13H18N2O3. The molecule has 5 nitrogen and oxygen atoms in total. The van der Waals surface area contributed by atoms with E-state index in [0.29, 0.717) is 13.1 Å². The maximum Gasteiger partial charge on any atom is 0.335 e. The zero-order valence-corrected chi connectivity index (χ0v) is 10.6. The van der Waals surface area contributed by atoms with Crippen molar-refractivity contribution in [1.82, 2.24) is 4.90 Å². The lowest BCUT2D eigenvalue weighted by Crippen LogP contribution is -2.32. The Morgan fingerprint density at radius 2 is 1.89 bits per heavy atom. The smallest absolute Gasteiger partial charge is 0.335 e. The molecule has 98 valence electrons. The van der Waals surface area contributed by atoms with E-state index in [-0.39, 0.29) is 17.4 Å². The minimum Gasteiger partial charge on any atom is -0.478 e. The molecule has 0 aromatic heterocycles. The summed E-state index contributed by atoms with van der Waals surface area (Å²) in [5, 5.41) is 8.78. The number of carbonyl (C=O) groups excluding carboxylic acids is 1.